The second kappa shape index (κ2) is 6.08. The van der Waals surface area contributed by atoms with Gasteiger partial charge in [0.05, 0.1) is 5.56 Å². The van der Waals surface area contributed by atoms with E-state index in [2.05, 4.69) is 34.7 Å². The predicted molar refractivity (Wildman–Crippen MR) is 82.4 cm³/mol. The van der Waals surface area contributed by atoms with E-state index in [9.17, 15) is 4.79 Å². The lowest BCUT2D eigenvalue weighted by atomic mass is 10.1. The van der Waals surface area contributed by atoms with E-state index in [4.69, 9.17) is 0 Å². The Morgan fingerprint density at radius 3 is 2.68 bits per heavy atom. The molecule has 0 aliphatic heterocycles. The molecule has 1 saturated carbocycles. The first-order valence-electron chi connectivity index (χ1n) is 7.06. The maximum Gasteiger partial charge on any atom is 0.255 e. The second-order valence-corrected chi connectivity index (χ2v) is 6.75. The van der Waals surface area contributed by atoms with Crippen molar-refractivity contribution in [3.8, 4) is 0 Å². The highest BCUT2D eigenvalue weighted by Crippen LogP contribution is 2.30. The highest BCUT2D eigenvalue weighted by molar-refractivity contribution is 9.10. The van der Waals surface area contributed by atoms with Gasteiger partial charge >= 0.3 is 0 Å². The molecule has 1 fully saturated rings. The van der Waals surface area contributed by atoms with Crippen molar-refractivity contribution in [2.24, 2.45) is 5.92 Å². The minimum Gasteiger partial charge on any atom is -0.336 e. The van der Waals surface area contributed by atoms with E-state index in [1.807, 2.05) is 25.1 Å². The first kappa shape index (κ1) is 14.6. The fourth-order valence-electron chi connectivity index (χ4n) is 2.19. The topological polar surface area (TPSA) is 20.3 Å². The summed E-state index contributed by atoms with van der Waals surface area (Å²) in [5.41, 5.74) is 1.93. The molecular formula is C16H22BrNO. The lowest BCUT2D eigenvalue weighted by Crippen LogP contribution is -2.34. The Morgan fingerprint density at radius 2 is 2.11 bits per heavy atom. The lowest BCUT2D eigenvalue weighted by molar-refractivity contribution is 0.0734. The van der Waals surface area contributed by atoms with Gasteiger partial charge in [0.2, 0.25) is 0 Å². The quantitative estimate of drug-likeness (QED) is 0.786. The molecular weight excluding hydrogens is 302 g/mol. The van der Waals surface area contributed by atoms with E-state index in [1.54, 1.807) is 0 Å². The summed E-state index contributed by atoms with van der Waals surface area (Å²) in [6, 6.07) is 6.45. The van der Waals surface area contributed by atoms with E-state index in [-0.39, 0.29) is 5.91 Å². The minimum absolute atomic E-state index is 0.179. The van der Waals surface area contributed by atoms with Crippen LogP contribution in [-0.2, 0) is 0 Å². The Morgan fingerprint density at radius 1 is 1.42 bits per heavy atom. The molecule has 0 unspecified atom stereocenters. The molecule has 2 nitrogen and oxygen atoms in total. The lowest BCUT2D eigenvalue weighted by Gasteiger charge is -2.24. The largest absolute Gasteiger partial charge is 0.336 e. The first-order valence-corrected chi connectivity index (χ1v) is 7.85. The van der Waals surface area contributed by atoms with Crippen molar-refractivity contribution in [3.05, 3.63) is 33.8 Å². The highest BCUT2D eigenvalue weighted by Gasteiger charge is 2.33. The predicted octanol–water partition coefficient (Wildman–Crippen LogP) is 4.41. The Labute approximate surface area is 124 Å². The van der Waals surface area contributed by atoms with Crippen LogP contribution < -0.4 is 0 Å². The molecule has 0 atom stereocenters. The fourth-order valence-corrected chi connectivity index (χ4v) is 2.61. The van der Waals surface area contributed by atoms with Crippen LogP contribution in [0.4, 0.5) is 0 Å². The molecule has 1 aliphatic carbocycles. The van der Waals surface area contributed by atoms with Gasteiger partial charge in [-0.15, -0.1) is 0 Å². The van der Waals surface area contributed by atoms with Crippen LogP contribution in [0, 0.1) is 12.8 Å². The molecule has 0 spiro atoms. The van der Waals surface area contributed by atoms with Crippen molar-refractivity contribution in [1.82, 2.24) is 4.90 Å². The van der Waals surface area contributed by atoms with Crippen LogP contribution in [0.2, 0.25) is 0 Å². The average Bonchev–Trinajstić information content (AvgIpc) is 3.16. The molecule has 0 radical (unpaired) electrons. The minimum atomic E-state index is 0.179. The number of carbonyl (C=O) groups excluding carboxylic acids is 1. The smallest absolute Gasteiger partial charge is 0.255 e. The third kappa shape index (κ3) is 3.82. The summed E-state index contributed by atoms with van der Waals surface area (Å²) in [6.07, 6.45) is 3.40. The Balaban J connectivity index is 2.16. The first-order chi connectivity index (χ1) is 8.99. The third-order valence-corrected chi connectivity index (χ3v) is 4.24. The van der Waals surface area contributed by atoms with Gasteiger partial charge in [-0.2, -0.15) is 0 Å². The molecule has 1 amide bonds. The standard InChI is InChI=1S/C16H22BrNO/c1-11(2)8-9-18(13-5-6-13)16(19)14-10-12(3)4-7-15(14)17/h4,7,10-11,13H,5-6,8-9H2,1-3H3. The van der Waals surface area contributed by atoms with Gasteiger partial charge in [-0.25, -0.2) is 0 Å². The van der Waals surface area contributed by atoms with Crippen molar-refractivity contribution in [1.29, 1.82) is 0 Å². The molecule has 0 N–H and O–H groups in total. The molecule has 19 heavy (non-hydrogen) atoms. The number of aryl methyl sites for hydroxylation is 1. The van der Waals surface area contributed by atoms with Crippen LogP contribution >= 0.6 is 15.9 Å². The van der Waals surface area contributed by atoms with E-state index in [0.717, 1.165) is 41.4 Å². The zero-order chi connectivity index (χ0) is 14.0. The molecule has 0 aromatic heterocycles. The number of hydrogen-bond acceptors (Lipinski definition) is 1. The number of carbonyl (C=O) groups is 1. The fraction of sp³-hybridized carbons (Fsp3) is 0.562. The number of nitrogens with zero attached hydrogens (tertiary/aromatic N) is 1. The zero-order valence-electron chi connectivity index (χ0n) is 11.9. The molecule has 104 valence electrons. The third-order valence-electron chi connectivity index (χ3n) is 3.55. The van der Waals surface area contributed by atoms with Crippen LogP contribution in [0.25, 0.3) is 0 Å². The van der Waals surface area contributed by atoms with Crippen molar-refractivity contribution >= 4 is 21.8 Å². The van der Waals surface area contributed by atoms with Crippen LogP contribution in [0.5, 0.6) is 0 Å². The van der Waals surface area contributed by atoms with Gasteiger partial charge in [-0.1, -0.05) is 25.5 Å². The summed E-state index contributed by atoms with van der Waals surface area (Å²) in [5, 5.41) is 0. The van der Waals surface area contributed by atoms with Crippen LogP contribution in [-0.4, -0.2) is 23.4 Å². The van der Waals surface area contributed by atoms with Gasteiger partial charge in [0, 0.05) is 17.1 Å². The van der Waals surface area contributed by atoms with Crippen LogP contribution in [0.3, 0.4) is 0 Å². The van der Waals surface area contributed by atoms with Crippen molar-refractivity contribution in [2.45, 2.75) is 46.1 Å². The van der Waals surface area contributed by atoms with Gasteiger partial charge in [0.15, 0.2) is 0 Å². The molecule has 0 saturated heterocycles. The van der Waals surface area contributed by atoms with E-state index >= 15 is 0 Å². The maximum atomic E-state index is 12.7. The Bertz CT molecular complexity index is 466. The zero-order valence-corrected chi connectivity index (χ0v) is 13.5. The summed E-state index contributed by atoms with van der Waals surface area (Å²) in [5.74, 6) is 0.814. The van der Waals surface area contributed by atoms with Gasteiger partial charge in [0.1, 0.15) is 0 Å². The van der Waals surface area contributed by atoms with Crippen LogP contribution in [0.1, 0.15) is 49.0 Å². The summed E-state index contributed by atoms with van der Waals surface area (Å²) in [4.78, 5) is 14.8. The van der Waals surface area contributed by atoms with Gasteiger partial charge in [-0.05, 0) is 60.2 Å². The summed E-state index contributed by atoms with van der Waals surface area (Å²) in [6.45, 7) is 7.32. The van der Waals surface area contributed by atoms with E-state index in [0.29, 0.717) is 12.0 Å². The van der Waals surface area contributed by atoms with Gasteiger partial charge in [0.25, 0.3) is 5.91 Å². The highest BCUT2D eigenvalue weighted by atomic mass is 79.9. The maximum absolute atomic E-state index is 12.7. The van der Waals surface area contributed by atoms with Crippen LogP contribution in [0.15, 0.2) is 22.7 Å². The monoisotopic (exact) mass is 323 g/mol. The number of amides is 1. The molecule has 1 aromatic carbocycles. The number of benzene rings is 1. The van der Waals surface area contributed by atoms with Crippen molar-refractivity contribution in [3.63, 3.8) is 0 Å². The van der Waals surface area contributed by atoms with E-state index < -0.39 is 0 Å². The normalized spacial score (nSPS) is 14.8. The molecule has 0 heterocycles. The number of halogens is 1. The molecule has 2 rings (SSSR count). The van der Waals surface area contributed by atoms with Gasteiger partial charge in [-0.3, -0.25) is 4.79 Å². The number of hydrogen-bond donors (Lipinski definition) is 0. The average molecular weight is 324 g/mol. The summed E-state index contributed by atoms with van der Waals surface area (Å²) in [7, 11) is 0. The summed E-state index contributed by atoms with van der Waals surface area (Å²) >= 11 is 3.50. The number of rotatable bonds is 5. The second-order valence-electron chi connectivity index (χ2n) is 5.90. The molecule has 3 heteroatoms. The van der Waals surface area contributed by atoms with Crippen molar-refractivity contribution < 1.29 is 4.79 Å². The van der Waals surface area contributed by atoms with E-state index in [1.165, 1.54) is 0 Å². The van der Waals surface area contributed by atoms with Crippen molar-refractivity contribution in [2.75, 3.05) is 6.54 Å². The molecule has 0 bridgehead atoms. The molecule has 1 aliphatic rings. The van der Waals surface area contributed by atoms with Gasteiger partial charge < -0.3 is 4.90 Å². The Hall–Kier alpha value is -0.830. The summed E-state index contributed by atoms with van der Waals surface area (Å²) < 4.78 is 0.901. The molecule has 1 aromatic rings. The Kier molecular flexibility index (Phi) is 4.67. The SMILES string of the molecule is Cc1ccc(Br)c(C(=O)N(CCC(C)C)C2CC2)c1.